The molecule has 3 N–H and O–H groups in total. The van der Waals surface area contributed by atoms with E-state index in [0.717, 1.165) is 11.3 Å². The molecular weight excluding hydrogens is 389 g/mol. The predicted octanol–water partition coefficient (Wildman–Crippen LogP) is 2.15. The predicted molar refractivity (Wildman–Crippen MR) is 105 cm³/mol. The Hall–Kier alpha value is -1.90. The van der Waals surface area contributed by atoms with Crippen molar-refractivity contribution in [1.82, 2.24) is 14.9 Å². The molecule has 0 aliphatic carbocycles. The number of halogens is 3. The zero-order valence-corrected chi connectivity index (χ0v) is 15.9. The van der Waals surface area contributed by atoms with Crippen LogP contribution in [0.25, 0.3) is 0 Å². The molecule has 0 aliphatic heterocycles. The number of aromatic nitrogens is 3. The highest BCUT2D eigenvalue weighted by atomic mass is 35.5. The van der Waals surface area contributed by atoms with Gasteiger partial charge >= 0.3 is 0 Å². The first-order chi connectivity index (χ1) is 11.7. The molecule has 0 saturated carbocycles. The summed E-state index contributed by atoms with van der Waals surface area (Å²) in [5, 5.41) is 11.5. The molecule has 1 aromatic heterocycles. The molecule has 0 aliphatic rings. The van der Waals surface area contributed by atoms with Crippen molar-refractivity contribution >= 4 is 53.5 Å². The van der Waals surface area contributed by atoms with Gasteiger partial charge in [-0.05, 0) is 12.1 Å². The Morgan fingerprint density at radius 2 is 2.08 bits per heavy atom. The highest BCUT2D eigenvalue weighted by Gasteiger charge is 2.09. The largest absolute Gasteiger partial charge is 0.496 e. The van der Waals surface area contributed by atoms with E-state index < -0.39 is 0 Å². The van der Waals surface area contributed by atoms with E-state index >= 15 is 0 Å². The quantitative estimate of drug-likeness (QED) is 0.286. The monoisotopic (exact) mass is 407 g/mol. The van der Waals surface area contributed by atoms with Gasteiger partial charge in [-0.3, -0.25) is 0 Å². The molecular formula is C14H20Cl3N7O. The fraction of sp³-hybridized carbons (Fsp3) is 0.357. The highest BCUT2D eigenvalue weighted by molar-refractivity contribution is 6.18. The molecule has 0 amide bonds. The number of hydrazone groups is 1. The fourth-order valence-corrected chi connectivity index (χ4v) is 2.47. The SMILES string of the molecule is COc1cc(N(CCCl)CCCl)ccc1C=NNc1nncn1N.Cl. The number of benzene rings is 1. The summed E-state index contributed by atoms with van der Waals surface area (Å²) in [5.41, 5.74) is 4.49. The summed E-state index contributed by atoms with van der Waals surface area (Å²) in [4.78, 5) is 2.10. The lowest BCUT2D eigenvalue weighted by atomic mass is 10.2. The molecule has 0 radical (unpaired) electrons. The van der Waals surface area contributed by atoms with Crippen LogP contribution in [0.15, 0.2) is 29.6 Å². The van der Waals surface area contributed by atoms with Crippen molar-refractivity contribution < 1.29 is 4.74 Å². The Morgan fingerprint density at radius 1 is 1.36 bits per heavy atom. The van der Waals surface area contributed by atoms with Crippen molar-refractivity contribution in [3.8, 4) is 5.75 Å². The number of methoxy groups -OCH3 is 1. The van der Waals surface area contributed by atoms with E-state index in [1.807, 2.05) is 18.2 Å². The lowest BCUT2D eigenvalue weighted by Gasteiger charge is -2.23. The van der Waals surface area contributed by atoms with Crippen LogP contribution in [0, 0.1) is 0 Å². The van der Waals surface area contributed by atoms with Gasteiger partial charge in [0.15, 0.2) is 0 Å². The molecule has 0 fully saturated rings. The molecule has 1 aromatic carbocycles. The van der Waals surface area contributed by atoms with Crippen LogP contribution in [0.1, 0.15) is 5.56 Å². The van der Waals surface area contributed by atoms with Gasteiger partial charge in [0.25, 0.3) is 5.95 Å². The number of ether oxygens (including phenoxy) is 1. The van der Waals surface area contributed by atoms with Crippen LogP contribution in [0.3, 0.4) is 0 Å². The van der Waals surface area contributed by atoms with E-state index in [-0.39, 0.29) is 12.4 Å². The zero-order valence-electron chi connectivity index (χ0n) is 13.6. The topological polar surface area (TPSA) is 93.6 Å². The Balaban J connectivity index is 0.00000312. The van der Waals surface area contributed by atoms with Crippen LogP contribution in [0.5, 0.6) is 5.75 Å². The molecule has 0 spiro atoms. The van der Waals surface area contributed by atoms with Crippen molar-refractivity contribution in [2.75, 3.05) is 48.1 Å². The van der Waals surface area contributed by atoms with Gasteiger partial charge < -0.3 is 15.5 Å². The van der Waals surface area contributed by atoms with Crippen molar-refractivity contribution in [3.05, 3.63) is 30.1 Å². The summed E-state index contributed by atoms with van der Waals surface area (Å²) in [5.74, 6) is 7.64. The molecule has 1 heterocycles. The van der Waals surface area contributed by atoms with Crippen LogP contribution in [-0.2, 0) is 0 Å². The van der Waals surface area contributed by atoms with Crippen LogP contribution in [-0.4, -0.2) is 53.0 Å². The average molecular weight is 409 g/mol. The maximum atomic E-state index is 5.85. The maximum absolute atomic E-state index is 5.85. The van der Waals surface area contributed by atoms with E-state index in [9.17, 15) is 0 Å². The first-order valence-corrected chi connectivity index (χ1v) is 8.25. The maximum Gasteiger partial charge on any atom is 0.263 e. The van der Waals surface area contributed by atoms with Gasteiger partial charge in [0.2, 0.25) is 0 Å². The van der Waals surface area contributed by atoms with Gasteiger partial charge in [0.1, 0.15) is 12.1 Å². The van der Waals surface area contributed by atoms with E-state index in [1.165, 1.54) is 11.0 Å². The van der Waals surface area contributed by atoms with Crippen molar-refractivity contribution in [1.29, 1.82) is 0 Å². The summed E-state index contributed by atoms with van der Waals surface area (Å²) in [6.45, 7) is 1.41. The minimum Gasteiger partial charge on any atom is -0.496 e. The Kier molecular flexibility index (Phi) is 9.18. The standard InChI is InChI=1S/C14H19Cl2N7O.ClH/c1-24-13-8-12(22(6-4-15)7-5-16)3-2-11(13)9-18-20-14-21-19-10-23(14)17;/h2-3,8-10H,4-7,17H2,1H3,(H,20,21);1H. The molecule has 0 atom stereocenters. The Morgan fingerprint density at radius 3 is 2.64 bits per heavy atom. The third-order valence-electron chi connectivity index (χ3n) is 3.23. The molecule has 0 saturated heterocycles. The van der Waals surface area contributed by atoms with Gasteiger partial charge in [-0.1, -0.05) is 0 Å². The van der Waals surface area contributed by atoms with Gasteiger partial charge in [0.05, 0.1) is 13.3 Å². The lowest BCUT2D eigenvalue weighted by Crippen LogP contribution is -2.27. The number of nitrogens with zero attached hydrogens (tertiary/aromatic N) is 5. The zero-order chi connectivity index (χ0) is 17.4. The molecule has 2 aromatic rings. The van der Waals surface area contributed by atoms with E-state index in [1.54, 1.807) is 13.3 Å². The number of anilines is 2. The van der Waals surface area contributed by atoms with Gasteiger partial charge in [-0.15, -0.1) is 45.8 Å². The van der Waals surface area contributed by atoms with Gasteiger partial charge in [0, 0.05) is 42.2 Å². The fourth-order valence-electron chi connectivity index (χ4n) is 2.06. The van der Waals surface area contributed by atoms with Crippen LogP contribution < -0.4 is 20.9 Å². The van der Waals surface area contributed by atoms with E-state index in [0.29, 0.717) is 36.5 Å². The number of hydrogen-bond donors (Lipinski definition) is 2. The number of hydrogen-bond acceptors (Lipinski definition) is 7. The first-order valence-electron chi connectivity index (χ1n) is 7.18. The normalized spacial score (nSPS) is 10.5. The van der Waals surface area contributed by atoms with E-state index in [4.69, 9.17) is 33.8 Å². The van der Waals surface area contributed by atoms with Crippen molar-refractivity contribution in [2.45, 2.75) is 0 Å². The summed E-state index contributed by atoms with van der Waals surface area (Å²) in [7, 11) is 1.60. The smallest absolute Gasteiger partial charge is 0.263 e. The molecule has 138 valence electrons. The third-order valence-corrected chi connectivity index (χ3v) is 3.57. The number of rotatable bonds is 9. The second-order valence-electron chi connectivity index (χ2n) is 4.72. The molecule has 0 bridgehead atoms. The number of nitrogen functional groups attached to an aromatic ring is 1. The number of alkyl halides is 2. The minimum absolute atomic E-state index is 0. The molecule has 25 heavy (non-hydrogen) atoms. The average Bonchev–Trinajstić information content (AvgIpc) is 3.00. The summed E-state index contributed by atoms with van der Waals surface area (Å²) in [6.07, 6.45) is 2.99. The first kappa shape index (κ1) is 21.1. The second kappa shape index (κ2) is 10.9. The third kappa shape index (κ3) is 5.84. The van der Waals surface area contributed by atoms with Crippen LogP contribution >= 0.6 is 35.6 Å². The molecule has 2 rings (SSSR count). The second-order valence-corrected chi connectivity index (χ2v) is 5.48. The van der Waals surface area contributed by atoms with Crippen molar-refractivity contribution in [3.63, 3.8) is 0 Å². The highest BCUT2D eigenvalue weighted by Crippen LogP contribution is 2.25. The van der Waals surface area contributed by atoms with Crippen LogP contribution in [0.2, 0.25) is 0 Å². The molecule has 0 unspecified atom stereocenters. The minimum atomic E-state index is 0. The van der Waals surface area contributed by atoms with Crippen LogP contribution in [0.4, 0.5) is 11.6 Å². The van der Waals surface area contributed by atoms with Gasteiger partial charge in [-0.2, -0.15) is 5.10 Å². The van der Waals surface area contributed by atoms with Gasteiger partial charge in [-0.25, -0.2) is 10.1 Å². The Bertz CT molecular complexity index is 674. The van der Waals surface area contributed by atoms with E-state index in [2.05, 4.69) is 25.6 Å². The number of nitrogens with one attached hydrogen (secondary N) is 1. The van der Waals surface area contributed by atoms with Crippen molar-refractivity contribution in [2.24, 2.45) is 5.10 Å². The summed E-state index contributed by atoms with van der Waals surface area (Å²) < 4.78 is 6.66. The summed E-state index contributed by atoms with van der Waals surface area (Å²) in [6, 6.07) is 5.79. The lowest BCUT2D eigenvalue weighted by molar-refractivity contribution is 0.414. The Labute approximate surface area is 162 Å². The molecule has 11 heteroatoms. The molecule has 8 nitrogen and oxygen atoms in total. The summed E-state index contributed by atoms with van der Waals surface area (Å²) >= 11 is 11.7. The number of nitrogens with two attached hydrogens (primary N) is 1.